The fraction of sp³-hybridized carbons (Fsp3) is 0.323. The van der Waals surface area contributed by atoms with Crippen molar-refractivity contribution in [2.24, 2.45) is 10.9 Å². The quantitative estimate of drug-likeness (QED) is 0.399. The summed E-state index contributed by atoms with van der Waals surface area (Å²) in [5, 5.41) is 2.91. The Labute approximate surface area is 224 Å². The molecule has 196 valence electrons. The third-order valence-electron chi connectivity index (χ3n) is 7.26. The predicted molar refractivity (Wildman–Crippen MR) is 147 cm³/mol. The zero-order valence-electron chi connectivity index (χ0n) is 21.9. The minimum Gasteiger partial charge on any atom is -0.465 e. The molecule has 2 atom stereocenters. The van der Waals surface area contributed by atoms with E-state index < -0.39 is 17.9 Å². The third kappa shape index (κ3) is 5.48. The monoisotopic (exact) mass is 510 g/mol. The van der Waals surface area contributed by atoms with Gasteiger partial charge in [-0.25, -0.2) is 4.99 Å². The van der Waals surface area contributed by atoms with Crippen LogP contribution in [0, 0.1) is 12.8 Å². The van der Waals surface area contributed by atoms with E-state index in [4.69, 9.17) is 9.73 Å². The second-order valence-electron chi connectivity index (χ2n) is 9.77. The van der Waals surface area contributed by atoms with Crippen molar-refractivity contribution in [3.8, 4) is 0 Å². The number of hydrogen-bond donors (Lipinski definition) is 1. The number of carbonyl (C=O) groups is 2. The topological polar surface area (TPSA) is 74.2 Å². The number of nitrogens with one attached hydrogen (secondary N) is 1. The lowest BCUT2D eigenvalue weighted by Gasteiger charge is -2.42. The fourth-order valence-corrected chi connectivity index (χ4v) is 5.31. The Balaban J connectivity index is 1.38. The van der Waals surface area contributed by atoms with Crippen molar-refractivity contribution in [3.63, 3.8) is 0 Å². The summed E-state index contributed by atoms with van der Waals surface area (Å²) in [6.07, 6.45) is 0. The van der Waals surface area contributed by atoms with Crippen LogP contribution in [-0.4, -0.2) is 60.4 Å². The maximum absolute atomic E-state index is 13.2. The van der Waals surface area contributed by atoms with Crippen LogP contribution in [0.15, 0.2) is 89.9 Å². The highest BCUT2D eigenvalue weighted by Crippen LogP contribution is 2.33. The number of esters is 1. The molecule has 1 saturated heterocycles. The molecule has 0 bridgehead atoms. The summed E-state index contributed by atoms with van der Waals surface area (Å²) in [7, 11) is 0. The largest absolute Gasteiger partial charge is 0.465 e. The molecule has 38 heavy (non-hydrogen) atoms. The fourth-order valence-electron chi connectivity index (χ4n) is 5.31. The van der Waals surface area contributed by atoms with Crippen LogP contribution in [0.2, 0.25) is 0 Å². The zero-order chi connectivity index (χ0) is 26.5. The van der Waals surface area contributed by atoms with Crippen molar-refractivity contribution in [3.05, 3.63) is 107 Å². The summed E-state index contributed by atoms with van der Waals surface area (Å²) in [6.45, 7) is 6.99. The molecule has 0 spiro atoms. The normalized spacial score (nSPS) is 20.1. The number of nitrogens with zero attached hydrogens (tertiary/aromatic N) is 3. The van der Waals surface area contributed by atoms with Crippen LogP contribution in [0.5, 0.6) is 0 Å². The summed E-state index contributed by atoms with van der Waals surface area (Å²) >= 11 is 0. The van der Waals surface area contributed by atoms with E-state index in [1.54, 1.807) is 6.92 Å². The van der Waals surface area contributed by atoms with Crippen LogP contribution in [0.3, 0.4) is 0 Å². The summed E-state index contributed by atoms with van der Waals surface area (Å²) in [5.41, 5.74) is 4.45. The van der Waals surface area contributed by atoms with E-state index in [-0.39, 0.29) is 18.6 Å². The maximum Gasteiger partial charge on any atom is 0.321 e. The molecule has 0 radical (unpaired) electrons. The molecule has 1 N–H and O–H groups in total. The number of hydrogen-bond acceptors (Lipinski definition) is 6. The summed E-state index contributed by atoms with van der Waals surface area (Å²) in [5.74, 6) is -1.40. The molecule has 2 heterocycles. The number of carbonyl (C=O) groups excluding carboxylic acids is 2. The molecule has 5 rings (SSSR count). The van der Waals surface area contributed by atoms with Crippen molar-refractivity contribution in [1.29, 1.82) is 0 Å². The number of guanidine groups is 1. The molecule has 3 aromatic carbocycles. The van der Waals surface area contributed by atoms with Gasteiger partial charge in [0.25, 0.3) is 0 Å². The molecule has 0 saturated carbocycles. The van der Waals surface area contributed by atoms with E-state index in [1.165, 1.54) is 11.1 Å². The van der Waals surface area contributed by atoms with Crippen LogP contribution in [0.25, 0.3) is 0 Å². The molecule has 2 aliphatic rings. The zero-order valence-corrected chi connectivity index (χ0v) is 21.9. The van der Waals surface area contributed by atoms with E-state index >= 15 is 0 Å². The van der Waals surface area contributed by atoms with E-state index in [0.29, 0.717) is 19.0 Å². The van der Waals surface area contributed by atoms with Gasteiger partial charge in [-0.3, -0.25) is 19.8 Å². The van der Waals surface area contributed by atoms with Crippen LogP contribution >= 0.6 is 0 Å². The molecule has 2 aliphatic heterocycles. The summed E-state index contributed by atoms with van der Waals surface area (Å²) in [6, 6.07) is 28.5. The Kier molecular flexibility index (Phi) is 7.84. The van der Waals surface area contributed by atoms with Crippen molar-refractivity contribution < 1.29 is 14.3 Å². The van der Waals surface area contributed by atoms with E-state index in [2.05, 4.69) is 63.6 Å². The average Bonchev–Trinajstić information content (AvgIpc) is 2.95. The van der Waals surface area contributed by atoms with Gasteiger partial charge in [0.1, 0.15) is 6.04 Å². The van der Waals surface area contributed by atoms with Gasteiger partial charge in [0, 0.05) is 26.2 Å². The van der Waals surface area contributed by atoms with Gasteiger partial charge < -0.3 is 9.64 Å². The van der Waals surface area contributed by atoms with E-state index in [1.807, 2.05) is 43.3 Å². The highest BCUT2D eigenvalue weighted by Gasteiger charge is 2.42. The molecule has 1 amide bonds. The van der Waals surface area contributed by atoms with Crippen LogP contribution in [0.4, 0.5) is 0 Å². The number of ether oxygens (including phenoxy) is 1. The van der Waals surface area contributed by atoms with Gasteiger partial charge in [-0.05, 0) is 30.5 Å². The van der Waals surface area contributed by atoms with Crippen molar-refractivity contribution in [2.75, 3.05) is 32.8 Å². The van der Waals surface area contributed by atoms with Gasteiger partial charge in [-0.1, -0.05) is 90.5 Å². The maximum atomic E-state index is 13.2. The molecule has 0 aromatic heterocycles. The second kappa shape index (κ2) is 11.6. The summed E-state index contributed by atoms with van der Waals surface area (Å²) in [4.78, 5) is 35.5. The Morgan fingerprint density at radius 1 is 0.921 bits per heavy atom. The SMILES string of the molecule is CCOC(=O)[C@@H]1C(=O)NC(N2CCN(C(c3ccccc3)c3ccccc3)CC2)=N[C@@H]1c1ccc(C)cc1. The van der Waals surface area contributed by atoms with Crippen LogP contribution in [-0.2, 0) is 14.3 Å². The molecule has 7 heteroatoms. The Morgan fingerprint density at radius 3 is 2.05 bits per heavy atom. The lowest BCUT2D eigenvalue weighted by Crippen LogP contribution is -2.57. The predicted octanol–water partition coefficient (Wildman–Crippen LogP) is 4.11. The number of rotatable bonds is 6. The van der Waals surface area contributed by atoms with Crippen molar-refractivity contribution in [1.82, 2.24) is 15.1 Å². The minimum atomic E-state index is -1.01. The van der Waals surface area contributed by atoms with Gasteiger partial charge in [0.2, 0.25) is 11.9 Å². The number of aliphatic imine (C=N–C) groups is 1. The van der Waals surface area contributed by atoms with Crippen molar-refractivity contribution in [2.45, 2.75) is 25.9 Å². The number of benzene rings is 3. The van der Waals surface area contributed by atoms with Gasteiger partial charge in [-0.15, -0.1) is 0 Å². The number of aryl methyl sites for hydroxylation is 1. The minimum absolute atomic E-state index is 0.149. The molecule has 0 aliphatic carbocycles. The molecule has 0 unspecified atom stereocenters. The van der Waals surface area contributed by atoms with E-state index in [9.17, 15) is 9.59 Å². The van der Waals surface area contributed by atoms with Gasteiger partial charge >= 0.3 is 5.97 Å². The highest BCUT2D eigenvalue weighted by atomic mass is 16.5. The molecular formula is C31H34N4O3. The number of piperazine rings is 1. The van der Waals surface area contributed by atoms with Gasteiger partial charge in [0.05, 0.1) is 12.6 Å². The highest BCUT2D eigenvalue weighted by molar-refractivity contribution is 6.08. The Hall–Kier alpha value is -3.97. The molecule has 1 fully saturated rings. The van der Waals surface area contributed by atoms with Gasteiger partial charge in [-0.2, -0.15) is 0 Å². The standard InChI is InChI=1S/C31H34N4O3/c1-3-38-30(37)26-27(23-16-14-22(2)15-17-23)32-31(33-29(26)36)35-20-18-34(19-21-35)28(24-10-6-4-7-11-24)25-12-8-5-9-13-25/h4-17,26-28H,3,18-21H2,1-2H3,(H,32,33,36)/t26-,27+/m0/s1. The lowest BCUT2D eigenvalue weighted by atomic mass is 9.91. The molecular weight excluding hydrogens is 476 g/mol. The first-order chi connectivity index (χ1) is 18.5. The van der Waals surface area contributed by atoms with Crippen molar-refractivity contribution >= 4 is 17.8 Å². The Morgan fingerprint density at radius 2 is 1.50 bits per heavy atom. The van der Waals surface area contributed by atoms with Gasteiger partial charge in [0.15, 0.2) is 5.92 Å². The number of amides is 1. The smallest absolute Gasteiger partial charge is 0.321 e. The molecule has 7 nitrogen and oxygen atoms in total. The summed E-state index contributed by atoms with van der Waals surface area (Å²) < 4.78 is 5.24. The third-order valence-corrected chi connectivity index (χ3v) is 7.26. The lowest BCUT2D eigenvalue weighted by molar-refractivity contribution is -0.153. The first-order valence-corrected chi connectivity index (χ1v) is 13.3. The second-order valence-corrected chi connectivity index (χ2v) is 9.77. The average molecular weight is 511 g/mol. The first kappa shape index (κ1) is 25.7. The van der Waals surface area contributed by atoms with E-state index in [0.717, 1.165) is 24.2 Å². The first-order valence-electron chi connectivity index (χ1n) is 13.3. The van der Waals surface area contributed by atoms with Crippen LogP contribution in [0.1, 0.15) is 41.3 Å². The molecule has 3 aromatic rings. The Bertz CT molecular complexity index is 1230. The van der Waals surface area contributed by atoms with Crippen LogP contribution < -0.4 is 5.32 Å².